The highest BCUT2D eigenvalue weighted by Crippen LogP contribution is 2.28. The summed E-state index contributed by atoms with van der Waals surface area (Å²) in [5, 5.41) is 0.877. The van der Waals surface area contributed by atoms with Crippen LogP contribution in [0.15, 0.2) is 0 Å². The van der Waals surface area contributed by atoms with Crippen molar-refractivity contribution in [2.75, 3.05) is 0 Å². The van der Waals surface area contributed by atoms with Crippen molar-refractivity contribution in [3.05, 3.63) is 15.6 Å². The van der Waals surface area contributed by atoms with E-state index >= 15 is 0 Å². The first-order valence-corrected chi connectivity index (χ1v) is 5.14. The maximum atomic E-state index is 11.2. The van der Waals surface area contributed by atoms with Gasteiger partial charge in [-0.15, -0.1) is 11.3 Å². The van der Waals surface area contributed by atoms with Crippen LogP contribution in [-0.2, 0) is 16.0 Å². The van der Waals surface area contributed by atoms with Crippen molar-refractivity contribution in [1.29, 1.82) is 0 Å². The Labute approximate surface area is 84.9 Å². The lowest BCUT2D eigenvalue weighted by atomic mass is 10.2. The van der Waals surface area contributed by atoms with Crippen LogP contribution in [0.25, 0.3) is 0 Å². The molecule has 0 saturated carbocycles. The van der Waals surface area contributed by atoms with E-state index in [0.29, 0.717) is 5.69 Å². The van der Waals surface area contributed by atoms with Gasteiger partial charge in [-0.2, -0.15) is 0 Å². The molecule has 14 heavy (non-hydrogen) atoms. The lowest BCUT2D eigenvalue weighted by molar-refractivity contribution is -0.137. The van der Waals surface area contributed by atoms with Crippen molar-refractivity contribution in [1.82, 2.24) is 4.98 Å². The molecular weight excluding hydrogens is 202 g/mol. The Morgan fingerprint density at radius 3 is 2.79 bits per heavy atom. The van der Waals surface area contributed by atoms with E-state index in [0.717, 1.165) is 9.88 Å². The van der Waals surface area contributed by atoms with Gasteiger partial charge < -0.3 is 4.74 Å². The number of carbonyl (C=O) groups excluding carboxylic acids is 2. The third-order valence-electron chi connectivity index (χ3n) is 1.91. The summed E-state index contributed by atoms with van der Waals surface area (Å²) in [5.41, 5.74) is 0.318. The molecule has 0 unspecified atom stereocenters. The molecule has 0 fully saturated rings. The van der Waals surface area contributed by atoms with Crippen molar-refractivity contribution >= 4 is 23.3 Å². The smallest absolute Gasteiger partial charge is 0.365 e. The molecule has 0 atom stereocenters. The number of fused-ring (bicyclic) bond motifs is 1. The average Bonchev–Trinajstić information content (AvgIpc) is 2.47. The van der Waals surface area contributed by atoms with Crippen LogP contribution in [-0.4, -0.2) is 16.9 Å². The molecule has 4 nitrogen and oxygen atoms in total. The van der Waals surface area contributed by atoms with Crippen LogP contribution in [0.3, 0.4) is 0 Å². The fraction of sp³-hybridized carbons (Fsp3) is 0.444. The van der Waals surface area contributed by atoms with Crippen molar-refractivity contribution in [2.24, 2.45) is 0 Å². The van der Waals surface area contributed by atoms with Crippen LogP contribution >= 0.6 is 11.3 Å². The van der Waals surface area contributed by atoms with Gasteiger partial charge >= 0.3 is 11.9 Å². The van der Waals surface area contributed by atoms with Gasteiger partial charge in [-0.1, -0.05) is 13.8 Å². The minimum atomic E-state index is -0.612. The van der Waals surface area contributed by atoms with E-state index in [1.54, 1.807) is 0 Å². The molecule has 0 aliphatic carbocycles. The Kier molecular flexibility index (Phi) is 2.11. The molecule has 1 aliphatic heterocycles. The lowest BCUT2D eigenvalue weighted by Gasteiger charge is -2.06. The second-order valence-electron chi connectivity index (χ2n) is 3.42. The van der Waals surface area contributed by atoms with Gasteiger partial charge in [0.15, 0.2) is 5.69 Å². The highest BCUT2D eigenvalue weighted by Gasteiger charge is 2.29. The summed E-state index contributed by atoms with van der Waals surface area (Å²) in [6.45, 7) is 3.99. The first-order valence-electron chi connectivity index (χ1n) is 4.32. The molecule has 0 saturated heterocycles. The maximum absolute atomic E-state index is 11.2. The molecular formula is C9H9NO3S. The first kappa shape index (κ1) is 9.33. The van der Waals surface area contributed by atoms with E-state index in [1.807, 2.05) is 13.8 Å². The fourth-order valence-corrected chi connectivity index (χ4v) is 2.26. The van der Waals surface area contributed by atoms with Crippen molar-refractivity contribution in [3.8, 4) is 0 Å². The van der Waals surface area contributed by atoms with Gasteiger partial charge in [0.2, 0.25) is 0 Å². The minimum Gasteiger partial charge on any atom is -0.388 e. The lowest BCUT2D eigenvalue weighted by Crippen LogP contribution is -2.21. The number of cyclic esters (lactones) is 2. The number of nitrogens with zero attached hydrogens (tertiary/aromatic N) is 1. The predicted octanol–water partition coefficient (Wildman–Crippen LogP) is 1.51. The van der Waals surface area contributed by atoms with Gasteiger partial charge in [-0.3, -0.25) is 4.79 Å². The van der Waals surface area contributed by atoms with Gasteiger partial charge in [0.05, 0.1) is 16.3 Å². The molecule has 5 heteroatoms. The van der Waals surface area contributed by atoms with E-state index in [9.17, 15) is 9.59 Å². The van der Waals surface area contributed by atoms with E-state index in [-0.39, 0.29) is 12.3 Å². The van der Waals surface area contributed by atoms with Crippen LogP contribution in [0, 0.1) is 0 Å². The molecule has 0 N–H and O–H groups in total. The highest BCUT2D eigenvalue weighted by atomic mass is 32.1. The van der Waals surface area contributed by atoms with E-state index < -0.39 is 11.9 Å². The highest BCUT2D eigenvalue weighted by molar-refractivity contribution is 7.12. The van der Waals surface area contributed by atoms with Crippen LogP contribution in [0.4, 0.5) is 0 Å². The molecule has 0 amide bonds. The Bertz CT molecular complexity index is 408. The normalized spacial score (nSPS) is 15.6. The maximum Gasteiger partial charge on any atom is 0.365 e. The zero-order chi connectivity index (χ0) is 10.3. The second-order valence-corrected chi connectivity index (χ2v) is 4.53. The number of rotatable bonds is 1. The standard InChI is InChI=1S/C9H9NO3S/c1-4(2)8-10-7-5(14-8)3-6(11)13-9(7)12/h4H,3H2,1-2H3. The van der Waals surface area contributed by atoms with E-state index in [1.165, 1.54) is 11.3 Å². The third-order valence-corrected chi connectivity index (χ3v) is 3.27. The van der Waals surface area contributed by atoms with Crippen molar-refractivity contribution in [2.45, 2.75) is 26.2 Å². The molecule has 0 aromatic carbocycles. The van der Waals surface area contributed by atoms with Gasteiger partial charge in [-0.05, 0) is 0 Å². The Morgan fingerprint density at radius 1 is 1.43 bits per heavy atom. The van der Waals surface area contributed by atoms with Crippen LogP contribution in [0.5, 0.6) is 0 Å². The van der Waals surface area contributed by atoms with E-state index in [4.69, 9.17) is 0 Å². The molecule has 1 aromatic rings. The summed E-state index contributed by atoms with van der Waals surface area (Å²) in [5.74, 6) is -0.825. The predicted molar refractivity (Wildman–Crippen MR) is 50.3 cm³/mol. The molecule has 0 spiro atoms. The number of carbonyl (C=O) groups is 2. The zero-order valence-corrected chi connectivity index (χ0v) is 8.68. The first-order chi connectivity index (χ1) is 6.58. The van der Waals surface area contributed by atoms with Crippen LogP contribution in [0.2, 0.25) is 0 Å². The molecule has 2 rings (SSSR count). The van der Waals surface area contributed by atoms with E-state index in [2.05, 4.69) is 9.72 Å². The quantitative estimate of drug-likeness (QED) is 0.522. The molecule has 1 aromatic heterocycles. The average molecular weight is 211 g/mol. The SMILES string of the molecule is CC(C)c1nc2c(s1)CC(=O)OC2=O. The summed E-state index contributed by atoms with van der Waals surface area (Å²) in [7, 11) is 0. The van der Waals surface area contributed by atoms with Gasteiger partial charge in [0, 0.05) is 5.92 Å². The third kappa shape index (κ3) is 1.43. The second kappa shape index (κ2) is 3.16. The molecule has 74 valence electrons. The molecule has 0 radical (unpaired) electrons. The number of hydrogen-bond acceptors (Lipinski definition) is 5. The van der Waals surface area contributed by atoms with Crippen molar-refractivity contribution < 1.29 is 14.3 Å². The van der Waals surface area contributed by atoms with Gasteiger partial charge in [0.25, 0.3) is 0 Å². The summed E-state index contributed by atoms with van der Waals surface area (Å²) in [6, 6.07) is 0. The number of hydrogen-bond donors (Lipinski definition) is 0. The van der Waals surface area contributed by atoms with Crippen LogP contribution in [0.1, 0.15) is 40.1 Å². The van der Waals surface area contributed by atoms with Gasteiger partial charge in [0.1, 0.15) is 0 Å². The zero-order valence-electron chi connectivity index (χ0n) is 7.86. The number of aromatic nitrogens is 1. The Hall–Kier alpha value is -1.23. The Morgan fingerprint density at radius 2 is 2.14 bits per heavy atom. The molecule has 1 aliphatic rings. The van der Waals surface area contributed by atoms with Crippen LogP contribution < -0.4 is 0 Å². The minimum absolute atomic E-state index is 0.172. The molecule has 2 heterocycles. The number of thiazole rings is 1. The summed E-state index contributed by atoms with van der Waals surface area (Å²) >= 11 is 1.42. The summed E-state index contributed by atoms with van der Waals surface area (Å²) in [6.07, 6.45) is 0.172. The summed E-state index contributed by atoms with van der Waals surface area (Å²) < 4.78 is 4.47. The largest absolute Gasteiger partial charge is 0.388 e. The number of esters is 2. The van der Waals surface area contributed by atoms with Crippen molar-refractivity contribution in [3.63, 3.8) is 0 Å². The number of ether oxygens (including phenoxy) is 1. The Balaban J connectivity index is 2.45. The van der Waals surface area contributed by atoms with Gasteiger partial charge in [-0.25, -0.2) is 9.78 Å². The fourth-order valence-electron chi connectivity index (χ4n) is 1.22. The summed E-state index contributed by atoms with van der Waals surface area (Å²) in [4.78, 5) is 27.1. The topological polar surface area (TPSA) is 56.3 Å². The monoisotopic (exact) mass is 211 g/mol. The molecule has 0 bridgehead atoms.